The largest absolute Gasteiger partial charge is 0.237 e. The lowest BCUT2D eigenvalue weighted by Gasteiger charge is -2.07. The van der Waals surface area contributed by atoms with Crippen molar-refractivity contribution in [2.75, 3.05) is 0 Å². The number of nitrogens with zero attached hydrogens (tertiary/aromatic N) is 2. The summed E-state index contributed by atoms with van der Waals surface area (Å²) < 4.78 is 2.93. The van der Waals surface area contributed by atoms with Gasteiger partial charge < -0.3 is 0 Å². The Bertz CT molecular complexity index is 564. The van der Waals surface area contributed by atoms with Crippen LogP contribution in [0.15, 0.2) is 22.7 Å². The summed E-state index contributed by atoms with van der Waals surface area (Å²) in [7, 11) is 0. The van der Waals surface area contributed by atoms with E-state index >= 15 is 0 Å². The number of hydrogen-bond acceptors (Lipinski definition) is 1. The van der Waals surface area contributed by atoms with Crippen molar-refractivity contribution in [2.45, 2.75) is 19.2 Å². The lowest BCUT2D eigenvalue weighted by atomic mass is 10.2. The fourth-order valence-corrected chi connectivity index (χ4v) is 2.79. The van der Waals surface area contributed by atoms with E-state index in [0.717, 1.165) is 37.5 Å². The summed E-state index contributed by atoms with van der Waals surface area (Å²) in [6.45, 7) is 4.00. The zero-order chi connectivity index (χ0) is 12.6. The Kier molecular flexibility index (Phi) is 3.95. The highest BCUT2D eigenvalue weighted by atomic mass is 79.9. The quantitative estimate of drug-likeness (QED) is 0.687. The zero-order valence-electron chi connectivity index (χ0n) is 9.47. The molecule has 0 spiro atoms. The molecule has 0 radical (unpaired) electrons. The molecule has 0 saturated carbocycles. The van der Waals surface area contributed by atoms with Gasteiger partial charge in [-0.05, 0) is 47.5 Å². The van der Waals surface area contributed by atoms with E-state index < -0.39 is 0 Å². The standard InChI is InChI=1S/C12H11Br2ClN2/c1-7-12(14)8(2)17(16-7)10-4-3-9(6-13)11(15)5-10/h3-5H,6H2,1-2H3. The third-order valence-electron chi connectivity index (χ3n) is 2.63. The number of alkyl halides is 1. The molecule has 1 heterocycles. The molecule has 17 heavy (non-hydrogen) atoms. The van der Waals surface area contributed by atoms with Gasteiger partial charge in [0.1, 0.15) is 0 Å². The van der Waals surface area contributed by atoms with Gasteiger partial charge in [0.05, 0.1) is 21.5 Å². The molecular formula is C12H11Br2ClN2. The first kappa shape index (κ1) is 13.1. The number of benzene rings is 1. The molecule has 0 aliphatic rings. The lowest BCUT2D eigenvalue weighted by Crippen LogP contribution is -1.99. The Morgan fingerprint density at radius 1 is 1.35 bits per heavy atom. The summed E-state index contributed by atoms with van der Waals surface area (Å²) in [5.74, 6) is 0. The summed E-state index contributed by atoms with van der Waals surface area (Å²) in [6, 6.07) is 5.97. The second-order valence-electron chi connectivity index (χ2n) is 3.81. The molecule has 0 N–H and O–H groups in total. The minimum absolute atomic E-state index is 0.753. The first-order valence-corrected chi connectivity index (χ1v) is 7.40. The molecule has 0 aliphatic carbocycles. The second kappa shape index (κ2) is 5.12. The number of aryl methyl sites for hydroxylation is 1. The number of rotatable bonds is 2. The number of hydrogen-bond donors (Lipinski definition) is 0. The minimum Gasteiger partial charge on any atom is -0.237 e. The highest BCUT2D eigenvalue weighted by Crippen LogP contribution is 2.26. The molecular weight excluding hydrogens is 367 g/mol. The van der Waals surface area contributed by atoms with Gasteiger partial charge in [0.15, 0.2) is 0 Å². The van der Waals surface area contributed by atoms with E-state index in [1.54, 1.807) is 0 Å². The van der Waals surface area contributed by atoms with Crippen LogP contribution in [0.5, 0.6) is 0 Å². The maximum absolute atomic E-state index is 6.20. The molecule has 2 rings (SSSR count). The molecule has 0 bridgehead atoms. The molecule has 0 unspecified atom stereocenters. The molecule has 0 fully saturated rings. The van der Waals surface area contributed by atoms with E-state index in [-0.39, 0.29) is 0 Å². The number of halogens is 3. The van der Waals surface area contributed by atoms with E-state index in [9.17, 15) is 0 Å². The molecule has 2 aromatic rings. The fourth-order valence-electron chi connectivity index (χ4n) is 1.65. The van der Waals surface area contributed by atoms with Crippen molar-refractivity contribution in [3.05, 3.63) is 44.6 Å². The molecule has 1 aromatic heterocycles. The van der Waals surface area contributed by atoms with Crippen molar-refractivity contribution in [1.29, 1.82) is 0 Å². The van der Waals surface area contributed by atoms with Gasteiger partial charge in [0, 0.05) is 10.4 Å². The summed E-state index contributed by atoms with van der Waals surface area (Å²) >= 11 is 13.1. The fraction of sp³-hybridized carbons (Fsp3) is 0.250. The van der Waals surface area contributed by atoms with Crippen LogP contribution < -0.4 is 0 Å². The summed E-state index contributed by atoms with van der Waals surface area (Å²) in [4.78, 5) is 0. The monoisotopic (exact) mass is 376 g/mol. The van der Waals surface area contributed by atoms with E-state index in [1.807, 2.05) is 36.7 Å². The lowest BCUT2D eigenvalue weighted by molar-refractivity contribution is 0.833. The normalized spacial score (nSPS) is 10.9. The SMILES string of the molecule is Cc1nn(-c2ccc(CBr)c(Cl)c2)c(C)c1Br. The Hall–Kier alpha value is -0.320. The topological polar surface area (TPSA) is 17.8 Å². The third-order valence-corrected chi connectivity index (χ3v) is 4.73. The van der Waals surface area contributed by atoms with Crippen LogP contribution in [0.4, 0.5) is 0 Å². The van der Waals surface area contributed by atoms with Crippen LogP contribution in [0.2, 0.25) is 5.02 Å². The predicted octanol–water partition coefficient (Wildman–Crippen LogP) is 4.80. The van der Waals surface area contributed by atoms with Gasteiger partial charge >= 0.3 is 0 Å². The molecule has 2 nitrogen and oxygen atoms in total. The van der Waals surface area contributed by atoms with E-state index in [4.69, 9.17) is 11.6 Å². The van der Waals surface area contributed by atoms with E-state index in [0.29, 0.717) is 0 Å². The summed E-state index contributed by atoms with van der Waals surface area (Å²) in [5, 5.41) is 5.99. The zero-order valence-corrected chi connectivity index (χ0v) is 13.4. The number of aromatic nitrogens is 2. The van der Waals surface area contributed by atoms with Crippen LogP contribution >= 0.6 is 43.5 Å². The molecule has 1 aromatic carbocycles. The first-order valence-electron chi connectivity index (χ1n) is 5.11. The first-order chi connectivity index (χ1) is 8.04. The maximum atomic E-state index is 6.20. The molecule has 90 valence electrons. The molecule has 0 saturated heterocycles. The Morgan fingerprint density at radius 2 is 2.06 bits per heavy atom. The average molecular weight is 378 g/mol. The molecule has 0 amide bonds. The smallest absolute Gasteiger partial charge is 0.0743 e. The van der Waals surface area contributed by atoms with Crippen molar-refractivity contribution in [3.63, 3.8) is 0 Å². The van der Waals surface area contributed by atoms with Crippen LogP contribution in [-0.4, -0.2) is 9.78 Å². The predicted molar refractivity (Wildman–Crippen MR) is 78.4 cm³/mol. The van der Waals surface area contributed by atoms with Crippen LogP contribution in [0, 0.1) is 13.8 Å². The van der Waals surface area contributed by atoms with Gasteiger partial charge in [-0.3, -0.25) is 0 Å². The summed E-state index contributed by atoms with van der Waals surface area (Å²) in [6.07, 6.45) is 0. The summed E-state index contributed by atoms with van der Waals surface area (Å²) in [5.41, 5.74) is 4.11. The van der Waals surface area contributed by atoms with E-state index in [2.05, 4.69) is 37.0 Å². The van der Waals surface area contributed by atoms with Gasteiger partial charge in [-0.15, -0.1) is 0 Å². The van der Waals surface area contributed by atoms with E-state index in [1.165, 1.54) is 0 Å². The highest BCUT2D eigenvalue weighted by Gasteiger charge is 2.11. The molecule has 0 atom stereocenters. The van der Waals surface area contributed by atoms with Crippen molar-refractivity contribution in [1.82, 2.24) is 9.78 Å². The van der Waals surface area contributed by atoms with Crippen molar-refractivity contribution in [2.24, 2.45) is 0 Å². The molecule has 5 heteroatoms. The van der Waals surface area contributed by atoms with Gasteiger partial charge in [-0.1, -0.05) is 33.6 Å². The highest BCUT2D eigenvalue weighted by molar-refractivity contribution is 9.10. The molecule has 0 aliphatic heterocycles. The Morgan fingerprint density at radius 3 is 2.53 bits per heavy atom. The average Bonchev–Trinajstić information content (AvgIpc) is 2.57. The van der Waals surface area contributed by atoms with Gasteiger partial charge in [-0.25, -0.2) is 4.68 Å². The maximum Gasteiger partial charge on any atom is 0.0743 e. The minimum atomic E-state index is 0.753. The second-order valence-corrected chi connectivity index (χ2v) is 5.57. The van der Waals surface area contributed by atoms with Crippen molar-refractivity contribution in [3.8, 4) is 5.69 Å². The van der Waals surface area contributed by atoms with Crippen molar-refractivity contribution >= 4 is 43.5 Å². The van der Waals surface area contributed by atoms with Gasteiger partial charge in [-0.2, -0.15) is 5.10 Å². The Balaban J connectivity index is 2.53. The van der Waals surface area contributed by atoms with Crippen LogP contribution in [0.25, 0.3) is 5.69 Å². The van der Waals surface area contributed by atoms with Gasteiger partial charge in [0.25, 0.3) is 0 Å². The van der Waals surface area contributed by atoms with Gasteiger partial charge in [0.2, 0.25) is 0 Å². The third kappa shape index (κ3) is 2.44. The van der Waals surface area contributed by atoms with Crippen LogP contribution in [0.3, 0.4) is 0 Å². The van der Waals surface area contributed by atoms with Crippen LogP contribution in [-0.2, 0) is 5.33 Å². The van der Waals surface area contributed by atoms with Crippen LogP contribution in [0.1, 0.15) is 17.0 Å². The van der Waals surface area contributed by atoms with Crippen molar-refractivity contribution < 1.29 is 0 Å². The Labute approximate surface area is 122 Å².